The molecule has 1 unspecified atom stereocenters. The number of hydrogen-bond acceptors (Lipinski definition) is 2. The predicted molar refractivity (Wildman–Crippen MR) is 48.1 cm³/mol. The van der Waals surface area contributed by atoms with Crippen molar-refractivity contribution in [2.45, 2.75) is 6.04 Å². The molecule has 2 amide bonds. The minimum atomic E-state index is -0.0122. The molecule has 0 saturated carbocycles. The predicted octanol–water partition coefficient (Wildman–Crippen LogP) is 0.778. The largest absolute Gasteiger partial charge is 0.336 e. The van der Waals surface area contributed by atoms with Gasteiger partial charge in [0.15, 0.2) is 0 Å². The summed E-state index contributed by atoms with van der Waals surface area (Å²) < 4.78 is 0. The van der Waals surface area contributed by atoms with E-state index < -0.39 is 0 Å². The topological polar surface area (TPSA) is 45.2 Å². The molecule has 1 N–H and O–H groups in total. The van der Waals surface area contributed by atoms with Crippen LogP contribution in [0.15, 0.2) is 24.5 Å². The molecule has 4 heteroatoms. The number of aromatic nitrogens is 1. The summed E-state index contributed by atoms with van der Waals surface area (Å²) in [6, 6.07) is 4.00. The molecule has 4 nitrogen and oxygen atoms in total. The first-order chi connectivity index (χ1) is 6.29. The summed E-state index contributed by atoms with van der Waals surface area (Å²) in [6.07, 6.45) is 3.48. The minimum Gasteiger partial charge on any atom is -0.336 e. The van der Waals surface area contributed by atoms with Gasteiger partial charge in [-0.1, -0.05) is 0 Å². The van der Waals surface area contributed by atoms with Crippen LogP contribution in [0.1, 0.15) is 11.6 Å². The van der Waals surface area contributed by atoms with Gasteiger partial charge in [0, 0.05) is 26.0 Å². The molecule has 13 heavy (non-hydrogen) atoms. The van der Waals surface area contributed by atoms with Crippen molar-refractivity contribution in [2.75, 3.05) is 13.6 Å². The van der Waals surface area contributed by atoms with E-state index in [4.69, 9.17) is 0 Å². The van der Waals surface area contributed by atoms with E-state index in [1.807, 2.05) is 12.1 Å². The number of urea groups is 1. The molecule has 1 aliphatic rings. The van der Waals surface area contributed by atoms with Crippen molar-refractivity contribution in [3.8, 4) is 0 Å². The van der Waals surface area contributed by atoms with Crippen molar-refractivity contribution in [2.24, 2.45) is 0 Å². The Hall–Kier alpha value is -1.58. The van der Waals surface area contributed by atoms with Gasteiger partial charge in [0.25, 0.3) is 0 Å². The summed E-state index contributed by atoms with van der Waals surface area (Å²) in [7, 11) is 1.80. The zero-order chi connectivity index (χ0) is 9.26. The highest BCUT2D eigenvalue weighted by Gasteiger charge is 2.27. The van der Waals surface area contributed by atoms with Gasteiger partial charge >= 0.3 is 6.03 Å². The molecule has 2 rings (SSSR count). The molecule has 0 spiro atoms. The first-order valence-electron chi connectivity index (χ1n) is 4.19. The summed E-state index contributed by atoms with van der Waals surface area (Å²) in [5.74, 6) is 0. The van der Waals surface area contributed by atoms with Crippen molar-refractivity contribution < 1.29 is 4.79 Å². The Morgan fingerprint density at radius 2 is 2.23 bits per heavy atom. The average molecular weight is 177 g/mol. The number of nitrogens with zero attached hydrogens (tertiary/aromatic N) is 2. The van der Waals surface area contributed by atoms with E-state index in [9.17, 15) is 4.79 Å². The van der Waals surface area contributed by atoms with Crippen molar-refractivity contribution in [1.29, 1.82) is 0 Å². The zero-order valence-electron chi connectivity index (χ0n) is 7.40. The SMILES string of the molecule is CN1C(=O)NCC1c1ccncc1. The molecule has 0 radical (unpaired) electrons. The second-order valence-electron chi connectivity index (χ2n) is 3.09. The van der Waals surface area contributed by atoms with Crippen LogP contribution in [-0.2, 0) is 0 Å². The van der Waals surface area contributed by atoms with Gasteiger partial charge in [-0.25, -0.2) is 4.79 Å². The van der Waals surface area contributed by atoms with Crippen LogP contribution in [-0.4, -0.2) is 29.5 Å². The van der Waals surface area contributed by atoms with Crippen LogP contribution in [0, 0.1) is 0 Å². The molecular weight excluding hydrogens is 166 g/mol. The van der Waals surface area contributed by atoms with Crippen LogP contribution in [0.4, 0.5) is 4.79 Å². The quantitative estimate of drug-likeness (QED) is 0.689. The van der Waals surface area contributed by atoms with Gasteiger partial charge in [-0.15, -0.1) is 0 Å². The third-order valence-electron chi connectivity index (χ3n) is 2.33. The van der Waals surface area contributed by atoms with E-state index in [1.165, 1.54) is 0 Å². The standard InChI is InChI=1S/C9H11N3O/c1-12-8(6-11-9(12)13)7-2-4-10-5-3-7/h2-5,8H,6H2,1H3,(H,11,13). The van der Waals surface area contributed by atoms with Gasteiger partial charge in [0.05, 0.1) is 6.04 Å². The summed E-state index contributed by atoms with van der Waals surface area (Å²) in [4.78, 5) is 16.8. The molecule has 1 aromatic rings. The number of amides is 2. The molecule has 1 atom stereocenters. The maximum Gasteiger partial charge on any atom is 0.317 e. The number of hydrogen-bond donors (Lipinski definition) is 1. The van der Waals surface area contributed by atoms with Gasteiger partial charge in [-0.3, -0.25) is 4.98 Å². The van der Waals surface area contributed by atoms with Crippen LogP contribution >= 0.6 is 0 Å². The van der Waals surface area contributed by atoms with Crippen LogP contribution < -0.4 is 5.32 Å². The Kier molecular flexibility index (Phi) is 1.88. The van der Waals surface area contributed by atoms with E-state index >= 15 is 0 Å². The second kappa shape index (κ2) is 3.05. The highest BCUT2D eigenvalue weighted by atomic mass is 16.2. The fourth-order valence-electron chi connectivity index (χ4n) is 1.51. The van der Waals surface area contributed by atoms with Crippen molar-refractivity contribution in [3.63, 3.8) is 0 Å². The number of rotatable bonds is 1. The van der Waals surface area contributed by atoms with Crippen LogP contribution in [0.5, 0.6) is 0 Å². The van der Waals surface area contributed by atoms with E-state index in [1.54, 1.807) is 24.3 Å². The lowest BCUT2D eigenvalue weighted by Crippen LogP contribution is -2.25. The van der Waals surface area contributed by atoms with Crippen LogP contribution in [0.2, 0.25) is 0 Å². The molecule has 1 aromatic heterocycles. The molecular formula is C9H11N3O. The van der Waals surface area contributed by atoms with E-state index in [0.29, 0.717) is 6.54 Å². The number of carbonyl (C=O) groups excluding carboxylic acids is 1. The first-order valence-corrected chi connectivity index (χ1v) is 4.19. The van der Waals surface area contributed by atoms with Crippen molar-refractivity contribution in [1.82, 2.24) is 15.2 Å². The van der Waals surface area contributed by atoms with Crippen LogP contribution in [0.25, 0.3) is 0 Å². The second-order valence-corrected chi connectivity index (χ2v) is 3.09. The van der Waals surface area contributed by atoms with E-state index in [2.05, 4.69) is 10.3 Å². The summed E-state index contributed by atoms with van der Waals surface area (Å²) >= 11 is 0. The molecule has 0 aromatic carbocycles. The molecule has 0 aliphatic carbocycles. The normalized spacial score (nSPS) is 21.8. The molecule has 0 bridgehead atoms. The summed E-state index contributed by atoms with van der Waals surface area (Å²) in [5, 5.41) is 2.78. The fraction of sp³-hybridized carbons (Fsp3) is 0.333. The lowest BCUT2D eigenvalue weighted by atomic mass is 10.1. The number of pyridine rings is 1. The van der Waals surface area contributed by atoms with Crippen molar-refractivity contribution >= 4 is 6.03 Å². The molecule has 2 heterocycles. The third-order valence-corrected chi connectivity index (χ3v) is 2.33. The van der Waals surface area contributed by atoms with E-state index in [-0.39, 0.29) is 12.1 Å². The highest BCUT2D eigenvalue weighted by molar-refractivity contribution is 5.76. The van der Waals surface area contributed by atoms with Gasteiger partial charge in [-0.05, 0) is 17.7 Å². The van der Waals surface area contributed by atoms with Crippen LogP contribution in [0.3, 0.4) is 0 Å². The van der Waals surface area contributed by atoms with Gasteiger partial charge < -0.3 is 10.2 Å². The van der Waals surface area contributed by atoms with Crippen molar-refractivity contribution in [3.05, 3.63) is 30.1 Å². The molecule has 1 fully saturated rings. The monoisotopic (exact) mass is 177 g/mol. The summed E-state index contributed by atoms with van der Waals surface area (Å²) in [5.41, 5.74) is 1.12. The third kappa shape index (κ3) is 1.35. The Bertz CT molecular complexity index is 312. The number of likely N-dealkylation sites (N-methyl/N-ethyl adjacent to an activating group) is 1. The van der Waals surface area contributed by atoms with Gasteiger partial charge in [0.1, 0.15) is 0 Å². The number of nitrogens with one attached hydrogen (secondary N) is 1. The minimum absolute atomic E-state index is 0.0122. The Morgan fingerprint density at radius 3 is 2.77 bits per heavy atom. The lowest BCUT2D eigenvalue weighted by Gasteiger charge is -2.17. The Labute approximate surface area is 76.6 Å². The smallest absolute Gasteiger partial charge is 0.317 e. The van der Waals surface area contributed by atoms with Gasteiger partial charge in [0.2, 0.25) is 0 Å². The number of carbonyl (C=O) groups is 1. The molecule has 1 aliphatic heterocycles. The van der Waals surface area contributed by atoms with Gasteiger partial charge in [-0.2, -0.15) is 0 Å². The lowest BCUT2D eigenvalue weighted by molar-refractivity contribution is 0.217. The molecule has 68 valence electrons. The maximum absolute atomic E-state index is 11.2. The molecule has 1 saturated heterocycles. The fourth-order valence-corrected chi connectivity index (χ4v) is 1.51. The average Bonchev–Trinajstić information content (AvgIpc) is 2.49. The first kappa shape index (κ1) is 8.04. The summed E-state index contributed by atoms with van der Waals surface area (Å²) in [6.45, 7) is 0.680. The van der Waals surface area contributed by atoms with E-state index in [0.717, 1.165) is 5.56 Å². The Morgan fingerprint density at radius 1 is 1.54 bits per heavy atom. The Balaban J connectivity index is 2.24. The highest BCUT2D eigenvalue weighted by Crippen LogP contribution is 2.21. The maximum atomic E-state index is 11.2. The zero-order valence-corrected chi connectivity index (χ0v) is 7.40.